The fourth-order valence-electron chi connectivity index (χ4n) is 2.94. The number of nitrogens with one attached hydrogen (secondary N) is 2. The zero-order valence-corrected chi connectivity index (χ0v) is 14.3. The maximum Gasteiger partial charge on any atom is 0.279 e. The Morgan fingerprint density at radius 1 is 1.16 bits per heavy atom. The summed E-state index contributed by atoms with van der Waals surface area (Å²) in [5, 5.41) is 3.20. The van der Waals surface area contributed by atoms with E-state index < -0.39 is 11.6 Å². The van der Waals surface area contributed by atoms with E-state index in [0.717, 1.165) is 48.9 Å². The number of piperazine rings is 1. The molecule has 2 N–H and O–H groups in total. The molecule has 2 aromatic rings. The van der Waals surface area contributed by atoms with E-state index >= 15 is 0 Å². The van der Waals surface area contributed by atoms with Crippen LogP contribution in [0.25, 0.3) is 0 Å². The second-order valence-electron chi connectivity index (χ2n) is 6.07. The molecule has 1 amide bonds. The molecular formula is C18H19ClF2N3O+. The van der Waals surface area contributed by atoms with Gasteiger partial charge in [-0.25, -0.2) is 8.78 Å². The van der Waals surface area contributed by atoms with Crippen LogP contribution >= 0.6 is 11.6 Å². The van der Waals surface area contributed by atoms with Crippen LogP contribution in [0.1, 0.15) is 0 Å². The number of halogens is 3. The highest BCUT2D eigenvalue weighted by atomic mass is 35.5. The first-order valence-electron chi connectivity index (χ1n) is 8.10. The third kappa shape index (κ3) is 4.67. The number of rotatable bonds is 4. The number of quaternary nitrogens is 1. The fourth-order valence-corrected chi connectivity index (χ4v) is 3.13. The topological polar surface area (TPSA) is 36.8 Å². The van der Waals surface area contributed by atoms with Crippen molar-refractivity contribution in [3.63, 3.8) is 0 Å². The average molecular weight is 367 g/mol. The number of nitrogens with zero attached hydrogens (tertiary/aromatic N) is 1. The molecule has 0 unspecified atom stereocenters. The van der Waals surface area contributed by atoms with Gasteiger partial charge in [0.25, 0.3) is 5.91 Å². The molecule has 0 saturated carbocycles. The van der Waals surface area contributed by atoms with E-state index in [4.69, 9.17) is 11.6 Å². The molecule has 1 aliphatic rings. The highest BCUT2D eigenvalue weighted by Gasteiger charge is 2.23. The summed E-state index contributed by atoms with van der Waals surface area (Å²) in [4.78, 5) is 15.4. The molecule has 1 fully saturated rings. The molecule has 0 radical (unpaired) electrons. The summed E-state index contributed by atoms with van der Waals surface area (Å²) in [6, 6.07) is 10.8. The zero-order chi connectivity index (χ0) is 17.8. The summed E-state index contributed by atoms with van der Waals surface area (Å²) in [5.41, 5.74) is 1.08. The van der Waals surface area contributed by atoms with Crippen LogP contribution in [0.15, 0.2) is 42.5 Å². The van der Waals surface area contributed by atoms with Gasteiger partial charge in [0.15, 0.2) is 6.54 Å². The summed E-state index contributed by atoms with van der Waals surface area (Å²) in [6.45, 7) is 3.47. The first-order valence-corrected chi connectivity index (χ1v) is 8.48. The molecular weight excluding hydrogens is 348 g/mol. The van der Waals surface area contributed by atoms with Crippen molar-refractivity contribution >= 4 is 28.9 Å². The zero-order valence-electron chi connectivity index (χ0n) is 13.6. The second kappa shape index (κ2) is 7.80. The van der Waals surface area contributed by atoms with Gasteiger partial charge in [0, 0.05) is 16.8 Å². The normalized spacial score (nSPS) is 15.2. The Morgan fingerprint density at radius 2 is 1.92 bits per heavy atom. The van der Waals surface area contributed by atoms with Gasteiger partial charge in [-0.05, 0) is 30.3 Å². The van der Waals surface area contributed by atoms with Crippen molar-refractivity contribution in [1.82, 2.24) is 0 Å². The maximum atomic E-state index is 13.6. The number of carbonyl (C=O) groups excluding carboxylic acids is 1. The molecule has 0 aromatic heterocycles. The molecule has 4 nitrogen and oxygen atoms in total. The van der Waals surface area contributed by atoms with E-state index in [1.165, 1.54) is 6.07 Å². The molecule has 1 saturated heterocycles. The summed E-state index contributed by atoms with van der Waals surface area (Å²) in [6.07, 6.45) is 0. The molecule has 0 bridgehead atoms. The van der Waals surface area contributed by atoms with Crippen LogP contribution in [-0.4, -0.2) is 38.6 Å². The third-order valence-electron chi connectivity index (χ3n) is 4.26. The van der Waals surface area contributed by atoms with Crippen LogP contribution in [-0.2, 0) is 4.79 Å². The summed E-state index contributed by atoms with van der Waals surface area (Å²) >= 11 is 6.02. The van der Waals surface area contributed by atoms with Crippen LogP contribution in [0.3, 0.4) is 0 Å². The Hall–Kier alpha value is -2.18. The minimum Gasteiger partial charge on any atom is -0.360 e. The van der Waals surface area contributed by atoms with Crippen molar-refractivity contribution in [1.29, 1.82) is 0 Å². The van der Waals surface area contributed by atoms with Gasteiger partial charge in [0.05, 0.1) is 31.9 Å². The van der Waals surface area contributed by atoms with E-state index in [2.05, 4.69) is 10.2 Å². The largest absolute Gasteiger partial charge is 0.360 e. The van der Waals surface area contributed by atoms with E-state index in [9.17, 15) is 13.6 Å². The summed E-state index contributed by atoms with van der Waals surface area (Å²) in [7, 11) is 0. The lowest BCUT2D eigenvalue weighted by molar-refractivity contribution is -0.892. The fraction of sp³-hybridized carbons (Fsp3) is 0.278. The lowest BCUT2D eigenvalue weighted by atomic mass is 10.2. The molecule has 3 rings (SSSR count). The summed E-state index contributed by atoms with van der Waals surface area (Å²) in [5.74, 6) is -1.72. The third-order valence-corrected chi connectivity index (χ3v) is 4.49. The Balaban J connectivity index is 1.51. The van der Waals surface area contributed by atoms with Gasteiger partial charge < -0.3 is 15.1 Å². The van der Waals surface area contributed by atoms with Crippen LogP contribution < -0.4 is 15.1 Å². The van der Waals surface area contributed by atoms with Crippen molar-refractivity contribution in [2.75, 3.05) is 42.9 Å². The van der Waals surface area contributed by atoms with Gasteiger partial charge in [-0.1, -0.05) is 17.7 Å². The molecule has 2 aromatic carbocycles. The Kier molecular flexibility index (Phi) is 5.50. The molecule has 0 atom stereocenters. The summed E-state index contributed by atoms with van der Waals surface area (Å²) < 4.78 is 26.5. The van der Waals surface area contributed by atoms with E-state index in [-0.39, 0.29) is 18.1 Å². The molecule has 25 heavy (non-hydrogen) atoms. The van der Waals surface area contributed by atoms with Crippen molar-refractivity contribution in [2.24, 2.45) is 0 Å². The lowest BCUT2D eigenvalue weighted by Crippen LogP contribution is -3.15. The van der Waals surface area contributed by atoms with Gasteiger partial charge in [0.1, 0.15) is 11.6 Å². The first-order chi connectivity index (χ1) is 12.0. The van der Waals surface area contributed by atoms with Crippen molar-refractivity contribution in [2.45, 2.75) is 0 Å². The number of amides is 1. The molecule has 7 heteroatoms. The number of benzene rings is 2. The van der Waals surface area contributed by atoms with Gasteiger partial charge in [-0.15, -0.1) is 0 Å². The highest BCUT2D eigenvalue weighted by Crippen LogP contribution is 2.19. The molecule has 1 aliphatic heterocycles. The number of anilines is 2. The standard InChI is InChI=1S/C18H18ClF2N3O/c19-13-2-1-3-15(10-13)24-8-6-23(7-9-24)12-18(25)22-17-5-4-14(20)11-16(17)21/h1-5,10-11H,6-9,12H2,(H,22,25)/p+1. The van der Waals surface area contributed by atoms with Crippen LogP contribution in [0.4, 0.5) is 20.2 Å². The van der Waals surface area contributed by atoms with E-state index in [1.807, 2.05) is 24.3 Å². The van der Waals surface area contributed by atoms with Gasteiger partial charge >= 0.3 is 0 Å². The van der Waals surface area contributed by atoms with Crippen LogP contribution in [0.2, 0.25) is 5.02 Å². The molecule has 132 valence electrons. The van der Waals surface area contributed by atoms with Gasteiger partial charge in [-0.2, -0.15) is 0 Å². The van der Waals surface area contributed by atoms with E-state index in [1.54, 1.807) is 0 Å². The van der Waals surface area contributed by atoms with Gasteiger partial charge in [0.2, 0.25) is 0 Å². The smallest absolute Gasteiger partial charge is 0.279 e. The number of hydrogen-bond donors (Lipinski definition) is 2. The quantitative estimate of drug-likeness (QED) is 0.868. The van der Waals surface area contributed by atoms with Crippen molar-refractivity contribution < 1.29 is 18.5 Å². The second-order valence-corrected chi connectivity index (χ2v) is 6.50. The van der Waals surface area contributed by atoms with Gasteiger partial charge in [-0.3, -0.25) is 4.79 Å². The Morgan fingerprint density at radius 3 is 2.60 bits per heavy atom. The maximum absolute atomic E-state index is 13.6. The highest BCUT2D eigenvalue weighted by molar-refractivity contribution is 6.30. The predicted octanol–water partition coefficient (Wildman–Crippen LogP) is 1.96. The van der Waals surface area contributed by atoms with Crippen LogP contribution in [0.5, 0.6) is 0 Å². The first kappa shape index (κ1) is 17.6. The predicted molar refractivity (Wildman–Crippen MR) is 94.2 cm³/mol. The molecule has 0 aliphatic carbocycles. The van der Waals surface area contributed by atoms with Crippen molar-refractivity contribution in [3.8, 4) is 0 Å². The Bertz CT molecular complexity index is 764. The Labute approximate surface area is 150 Å². The average Bonchev–Trinajstić information content (AvgIpc) is 2.58. The van der Waals surface area contributed by atoms with Crippen LogP contribution in [0, 0.1) is 11.6 Å². The molecule has 0 spiro atoms. The number of hydrogen-bond acceptors (Lipinski definition) is 2. The monoisotopic (exact) mass is 366 g/mol. The number of carbonyl (C=O) groups is 1. The van der Waals surface area contributed by atoms with Crippen molar-refractivity contribution in [3.05, 3.63) is 59.1 Å². The minimum absolute atomic E-state index is 0.00311. The SMILES string of the molecule is O=C(C[NH+]1CCN(c2cccc(Cl)c2)CC1)Nc1ccc(F)cc1F. The molecule has 1 heterocycles. The van der Waals surface area contributed by atoms with E-state index in [0.29, 0.717) is 5.02 Å². The lowest BCUT2D eigenvalue weighted by Gasteiger charge is -2.33. The minimum atomic E-state index is -0.769.